The van der Waals surface area contributed by atoms with E-state index >= 15 is 0 Å². The molecular formula is C13H15N3O2S. The van der Waals surface area contributed by atoms with Gasteiger partial charge in [0.15, 0.2) is 5.69 Å². The molecule has 0 unspecified atom stereocenters. The first-order chi connectivity index (χ1) is 9.25. The predicted molar refractivity (Wildman–Crippen MR) is 71.0 cm³/mol. The molecule has 1 aliphatic rings. The van der Waals surface area contributed by atoms with Crippen LogP contribution in [0.3, 0.4) is 0 Å². The minimum atomic E-state index is -0.0636. The van der Waals surface area contributed by atoms with Crippen molar-refractivity contribution >= 4 is 17.2 Å². The van der Waals surface area contributed by atoms with Crippen LogP contribution >= 0.6 is 11.3 Å². The van der Waals surface area contributed by atoms with Gasteiger partial charge in [-0.05, 0) is 26.2 Å². The maximum Gasteiger partial charge on any atom is 0.276 e. The number of carbonyl (C=O) groups is 1. The predicted octanol–water partition coefficient (Wildman–Crippen LogP) is 2.81. The molecule has 2 aromatic heterocycles. The van der Waals surface area contributed by atoms with Crippen LogP contribution in [0.1, 0.15) is 46.5 Å². The Bertz CT molecular complexity index is 564. The zero-order chi connectivity index (χ0) is 13.2. The van der Waals surface area contributed by atoms with Gasteiger partial charge in [-0.2, -0.15) is 0 Å². The lowest BCUT2D eigenvalue weighted by Crippen LogP contribution is -2.38. The average molecular weight is 277 g/mol. The molecule has 3 rings (SSSR count). The third-order valence-corrected chi connectivity index (χ3v) is 4.41. The summed E-state index contributed by atoms with van der Waals surface area (Å²) in [6.07, 6.45) is 4.56. The lowest BCUT2D eigenvalue weighted by atomic mass is 10.0. The third kappa shape index (κ3) is 2.40. The van der Waals surface area contributed by atoms with E-state index in [0.717, 1.165) is 36.5 Å². The van der Waals surface area contributed by atoms with Gasteiger partial charge in [-0.1, -0.05) is 5.16 Å². The summed E-state index contributed by atoms with van der Waals surface area (Å²) in [4.78, 5) is 18.8. The van der Waals surface area contributed by atoms with E-state index in [2.05, 4.69) is 10.1 Å². The van der Waals surface area contributed by atoms with Crippen LogP contribution in [0, 0.1) is 6.92 Å². The number of aryl methyl sites for hydroxylation is 1. The van der Waals surface area contributed by atoms with Crippen molar-refractivity contribution in [2.24, 2.45) is 0 Å². The van der Waals surface area contributed by atoms with Gasteiger partial charge in [0, 0.05) is 23.7 Å². The highest BCUT2D eigenvalue weighted by Gasteiger charge is 2.31. The Morgan fingerprint density at radius 3 is 3.11 bits per heavy atom. The third-order valence-electron chi connectivity index (χ3n) is 3.34. The minimum Gasteiger partial charge on any atom is -0.364 e. The van der Waals surface area contributed by atoms with Crippen molar-refractivity contribution in [1.82, 2.24) is 15.0 Å². The van der Waals surface area contributed by atoms with Crippen LogP contribution in [0.5, 0.6) is 0 Å². The van der Waals surface area contributed by atoms with Crippen LogP contribution in [0.2, 0.25) is 0 Å². The monoisotopic (exact) mass is 277 g/mol. The Hall–Kier alpha value is -1.69. The quantitative estimate of drug-likeness (QED) is 0.847. The number of carbonyl (C=O) groups excluding carboxylic acids is 1. The maximum absolute atomic E-state index is 12.4. The first-order valence-electron chi connectivity index (χ1n) is 6.39. The van der Waals surface area contributed by atoms with Crippen molar-refractivity contribution in [3.05, 3.63) is 34.1 Å². The molecule has 0 spiro atoms. The Morgan fingerprint density at radius 2 is 2.42 bits per heavy atom. The van der Waals surface area contributed by atoms with E-state index < -0.39 is 0 Å². The number of hydrogen-bond acceptors (Lipinski definition) is 5. The van der Waals surface area contributed by atoms with Crippen molar-refractivity contribution < 1.29 is 9.32 Å². The molecule has 1 saturated heterocycles. The van der Waals surface area contributed by atoms with Crippen molar-refractivity contribution in [2.75, 3.05) is 6.54 Å². The number of thiazole rings is 1. The number of aromatic nitrogens is 2. The van der Waals surface area contributed by atoms with E-state index in [4.69, 9.17) is 4.52 Å². The Labute approximate surface area is 115 Å². The fraction of sp³-hybridized carbons (Fsp3) is 0.462. The Balaban J connectivity index is 1.87. The number of likely N-dealkylation sites (tertiary alicyclic amines) is 1. The van der Waals surface area contributed by atoms with Gasteiger partial charge < -0.3 is 9.42 Å². The lowest BCUT2D eigenvalue weighted by molar-refractivity contribution is 0.0600. The van der Waals surface area contributed by atoms with E-state index in [-0.39, 0.29) is 11.9 Å². The Morgan fingerprint density at radius 1 is 1.53 bits per heavy atom. The highest BCUT2D eigenvalue weighted by Crippen LogP contribution is 2.33. The first-order valence-corrected chi connectivity index (χ1v) is 7.27. The van der Waals surface area contributed by atoms with Crippen molar-refractivity contribution in [3.63, 3.8) is 0 Å². The fourth-order valence-electron chi connectivity index (χ4n) is 2.43. The molecule has 0 saturated carbocycles. The summed E-state index contributed by atoms with van der Waals surface area (Å²) in [6.45, 7) is 2.74. The lowest BCUT2D eigenvalue weighted by Gasteiger charge is -2.33. The average Bonchev–Trinajstić information content (AvgIpc) is 3.09. The largest absolute Gasteiger partial charge is 0.364 e. The van der Waals surface area contributed by atoms with E-state index in [1.54, 1.807) is 17.4 Å². The second-order valence-electron chi connectivity index (χ2n) is 4.72. The van der Waals surface area contributed by atoms with E-state index in [1.165, 1.54) is 6.26 Å². The summed E-state index contributed by atoms with van der Waals surface area (Å²) >= 11 is 1.63. The molecular weight excluding hydrogens is 262 g/mol. The summed E-state index contributed by atoms with van der Waals surface area (Å²) in [6, 6.07) is 1.69. The molecule has 0 bridgehead atoms. The number of piperidine rings is 1. The summed E-state index contributed by atoms with van der Waals surface area (Å²) in [5, 5.41) is 6.79. The Kier molecular flexibility index (Phi) is 3.33. The van der Waals surface area contributed by atoms with Gasteiger partial charge in [-0.3, -0.25) is 4.79 Å². The van der Waals surface area contributed by atoms with Gasteiger partial charge in [0.1, 0.15) is 11.3 Å². The van der Waals surface area contributed by atoms with Crippen LogP contribution in [0.4, 0.5) is 0 Å². The molecule has 0 N–H and O–H groups in total. The molecule has 1 amide bonds. The molecule has 5 nitrogen and oxygen atoms in total. The molecule has 0 radical (unpaired) electrons. The first kappa shape index (κ1) is 12.3. The standard InChI is InChI=1S/C13H15N3O2S/c1-9-8-19-12(14-9)11-4-2-3-6-16(11)13(17)10-5-7-18-15-10/h5,7-8,11H,2-4,6H2,1H3/t11-/m1/s1. The van der Waals surface area contributed by atoms with Crippen LogP contribution in [0.25, 0.3) is 0 Å². The van der Waals surface area contributed by atoms with E-state index in [1.807, 2.05) is 17.2 Å². The highest BCUT2D eigenvalue weighted by atomic mass is 32.1. The van der Waals surface area contributed by atoms with Gasteiger partial charge in [-0.15, -0.1) is 11.3 Å². The second kappa shape index (κ2) is 5.13. The van der Waals surface area contributed by atoms with E-state index in [0.29, 0.717) is 5.69 Å². The molecule has 0 aliphatic carbocycles. The van der Waals surface area contributed by atoms with Gasteiger partial charge in [0.2, 0.25) is 0 Å². The van der Waals surface area contributed by atoms with Gasteiger partial charge in [0.25, 0.3) is 5.91 Å². The summed E-state index contributed by atoms with van der Waals surface area (Å²) < 4.78 is 4.76. The van der Waals surface area contributed by atoms with Crippen molar-refractivity contribution in [2.45, 2.75) is 32.2 Å². The molecule has 0 aromatic carbocycles. The molecule has 2 aromatic rings. The summed E-state index contributed by atoms with van der Waals surface area (Å²) in [5.41, 5.74) is 1.39. The SMILES string of the molecule is Cc1csc([C@H]2CCCCN2C(=O)c2ccon2)n1. The zero-order valence-electron chi connectivity index (χ0n) is 10.7. The summed E-state index contributed by atoms with van der Waals surface area (Å²) in [5.74, 6) is -0.0636. The zero-order valence-corrected chi connectivity index (χ0v) is 11.5. The molecule has 19 heavy (non-hydrogen) atoms. The van der Waals surface area contributed by atoms with Gasteiger partial charge in [-0.25, -0.2) is 4.98 Å². The van der Waals surface area contributed by atoms with Crippen LogP contribution in [-0.4, -0.2) is 27.5 Å². The van der Waals surface area contributed by atoms with Crippen LogP contribution in [-0.2, 0) is 0 Å². The topological polar surface area (TPSA) is 59.2 Å². The smallest absolute Gasteiger partial charge is 0.276 e. The molecule has 100 valence electrons. The molecule has 1 aliphatic heterocycles. The van der Waals surface area contributed by atoms with Crippen molar-refractivity contribution in [3.8, 4) is 0 Å². The number of nitrogens with zero attached hydrogens (tertiary/aromatic N) is 3. The molecule has 3 heterocycles. The number of hydrogen-bond donors (Lipinski definition) is 0. The highest BCUT2D eigenvalue weighted by molar-refractivity contribution is 7.09. The normalized spacial score (nSPS) is 19.6. The number of rotatable bonds is 2. The molecule has 1 atom stereocenters. The maximum atomic E-state index is 12.4. The van der Waals surface area contributed by atoms with Gasteiger partial charge in [0.05, 0.1) is 6.04 Å². The van der Waals surface area contributed by atoms with Crippen LogP contribution in [0.15, 0.2) is 22.2 Å². The molecule has 6 heteroatoms. The summed E-state index contributed by atoms with van der Waals surface area (Å²) in [7, 11) is 0. The van der Waals surface area contributed by atoms with E-state index in [9.17, 15) is 4.79 Å². The number of amides is 1. The second-order valence-corrected chi connectivity index (χ2v) is 5.61. The van der Waals surface area contributed by atoms with Crippen LogP contribution < -0.4 is 0 Å². The molecule has 1 fully saturated rings. The fourth-order valence-corrected chi connectivity index (χ4v) is 3.37. The minimum absolute atomic E-state index is 0.0636. The van der Waals surface area contributed by atoms with Crippen molar-refractivity contribution in [1.29, 1.82) is 0 Å². The van der Waals surface area contributed by atoms with Gasteiger partial charge >= 0.3 is 0 Å².